The molecule has 3 heterocycles. The number of hydrogen-bond acceptors (Lipinski definition) is 6. The van der Waals surface area contributed by atoms with Crippen molar-refractivity contribution in [3.63, 3.8) is 0 Å². The fourth-order valence-corrected chi connectivity index (χ4v) is 2.36. The zero-order valence-corrected chi connectivity index (χ0v) is 11.3. The zero-order chi connectivity index (χ0) is 13.1. The van der Waals surface area contributed by atoms with Crippen molar-refractivity contribution in [2.24, 2.45) is 0 Å². The van der Waals surface area contributed by atoms with Gasteiger partial charge in [0.15, 0.2) is 0 Å². The largest absolute Gasteiger partial charge is 0.376 e. The second-order valence-electron chi connectivity index (χ2n) is 5.20. The molecule has 2 fully saturated rings. The van der Waals surface area contributed by atoms with Crippen molar-refractivity contribution in [1.29, 1.82) is 0 Å². The molecule has 2 saturated heterocycles. The Morgan fingerprint density at radius 1 is 1.37 bits per heavy atom. The lowest BCUT2D eigenvalue weighted by Gasteiger charge is -2.28. The van der Waals surface area contributed by atoms with E-state index in [4.69, 9.17) is 4.74 Å². The Hall–Kier alpha value is -1.40. The smallest absolute Gasteiger partial charge is 0.132 e. The van der Waals surface area contributed by atoms with Crippen molar-refractivity contribution in [3.8, 4) is 0 Å². The van der Waals surface area contributed by atoms with E-state index in [1.807, 2.05) is 13.0 Å². The molecule has 0 aliphatic carbocycles. The summed E-state index contributed by atoms with van der Waals surface area (Å²) < 4.78 is 5.60. The molecule has 3 N–H and O–H groups in total. The lowest BCUT2D eigenvalue weighted by atomic mass is 10.2. The Labute approximate surface area is 113 Å². The van der Waals surface area contributed by atoms with E-state index >= 15 is 0 Å². The van der Waals surface area contributed by atoms with Gasteiger partial charge in [-0.1, -0.05) is 0 Å². The van der Waals surface area contributed by atoms with Crippen LogP contribution in [0.25, 0.3) is 0 Å². The second kappa shape index (κ2) is 5.71. The SMILES string of the molecule is Cc1nc(NCC2CCCO2)cc(NC2CNC2)n1. The van der Waals surface area contributed by atoms with Crippen molar-refractivity contribution in [2.45, 2.75) is 31.9 Å². The monoisotopic (exact) mass is 263 g/mol. The molecule has 104 valence electrons. The van der Waals surface area contributed by atoms with Crippen LogP contribution in [0, 0.1) is 6.92 Å². The predicted octanol–water partition coefficient (Wildman–Crippen LogP) is 0.760. The van der Waals surface area contributed by atoms with E-state index in [1.54, 1.807) is 0 Å². The minimum Gasteiger partial charge on any atom is -0.376 e. The van der Waals surface area contributed by atoms with Gasteiger partial charge in [0.25, 0.3) is 0 Å². The lowest BCUT2D eigenvalue weighted by Crippen LogP contribution is -2.51. The summed E-state index contributed by atoms with van der Waals surface area (Å²) in [5.74, 6) is 2.55. The molecule has 2 aliphatic heterocycles. The summed E-state index contributed by atoms with van der Waals surface area (Å²) in [6.45, 7) is 5.63. The summed E-state index contributed by atoms with van der Waals surface area (Å²) in [5.41, 5.74) is 0. The van der Waals surface area contributed by atoms with Crippen molar-refractivity contribution in [1.82, 2.24) is 15.3 Å². The van der Waals surface area contributed by atoms with Crippen LogP contribution in [0.4, 0.5) is 11.6 Å². The van der Waals surface area contributed by atoms with E-state index in [0.29, 0.717) is 12.1 Å². The third-order valence-corrected chi connectivity index (χ3v) is 3.51. The average Bonchev–Trinajstić information content (AvgIpc) is 2.84. The van der Waals surface area contributed by atoms with Crippen LogP contribution in [-0.4, -0.2) is 48.4 Å². The standard InChI is InChI=1S/C13H21N5O/c1-9-16-12(15-8-11-3-2-4-19-11)5-13(17-9)18-10-6-14-7-10/h5,10-11,14H,2-4,6-8H2,1H3,(H2,15,16,17,18). The van der Waals surface area contributed by atoms with Gasteiger partial charge in [-0.25, -0.2) is 9.97 Å². The quantitative estimate of drug-likeness (QED) is 0.728. The van der Waals surface area contributed by atoms with E-state index in [2.05, 4.69) is 25.9 Å². The van der Waals surface area contributed by atoms with E-state index in [0.717, 1.165) is 56.5 Å². The summed E-state index contributed by atoms with van der Waals surface area (Å²) in [7, 11) is 0. The topological polar surface area (TPSA) is 71.1 Å². The van der Waals surface area contributed by atoms with E-state index in [1.165, 1.54) is 0 Å². The van der Waals surface area contributed by atoms with Crippen LogP contribution in [0.5, 0.6) is 0 Å². The molecular formula is C13H21N5O. The van der Waals surface area contributed by atoms with Gasteiger partial charge in [-0.05, 0) is 19.8 Å². The highest BCUT2D eigenvalue weighted by Crippen LogP contribution is 2.16. The Kier molecular flexibility index (Phi) is 3.79. The third kappa shape index (κ3) is 3.33. The van der Waals surface area contributed by atoms with Gasteiger partial charge >= 0.3 is 0 Å². The highest BCUT2D eigenvalue weighted by Gasteiger charge is 2.18. The lowest BCUT2D eigenvalue weighted by molar-refractivity contribution is 0.120. The molecule has 6 heteroatoms. The number of anilines is 2. The fourth-order valence-electron chi connectivity index (χ4n) is 2.36. The molecule has 0 aromatic carbocycles. The number of nitrogens with one attached hydrogen (secondary N) is 3. The molecule has 0 saturated carbocycles. The first-order valence-electron chi connectivity index (χ1n) is 6.98. The molecule has 0 bridgehead atoms. The van der Waals surface area contributed by atoms with Crippen LogP contribution < -0.4 is 16.0 Å². The summed E-state index contributed by atoms with van der Waals surface area (Å²) in [4.78, 5) is 8.83. The second-order valence-corrected chi connectivity index (χ2v) is 5.20. The minimum absolute atomic E-state index is 0.322. The number of hydrogen-bond donors (Lipinski definition) is 3. The summed E-state index contributed by atoms with van der Waals surface area (Å²) >= 11 is 0. The van der Waals surface area contributed by atoms with Crippen molar-refractivity contribution < 1.29 is 4.74 Å². The van der Waals surface area contributed by atoms with Crippen LogP contribution in [-0.2, 0) is 4.74 Å². The Bertz CT molecular complexity index is 429. The molecule has 19 heavy (non-hydrogen) atoms. The summed E-state index contributed by atoms with van der Waals surface area (Å²) in [6, 6.07) is 2.46. The van der Waals surface area contributed by atoms with E-state index in [-0.39, 0.29) is 0 Å². The number of rotatable bonds is 5. The molecule has 1 atom stereocenters. The van der Waals surface area contributed by atoms with Gasteiger partial charge in [-0.15, -0.1) is 0 Å². The molecule has 2 aliphatic rings. The third-order valence-electron chi connectivity index (χ3n) is 3.51. The first-order chi connectivity index (χ1) is 9.29. The average molecular weight is 263 g/mol. The van der Waals surface area contributed by atoms with Crippen molar-refractivity contribution in [3.05, 3.63) is 11.9 Å². The first-order valence-corrected chi connectivity index (χ1v) is 6.98. The van der Waals surface area contributed by atoms with Crippen LogP contribution in [0.1, 0.15) is 18.7 Å². The maximum atomic E-state index is 5.60. The number of aryl methyl sites for hydroxylation is 1. The molecule has 0 amide bonds. The molecule has 6 nitrogen and oxygen atoms in total. The van der Waals surface area contributed by atoms with Gasteiger partial charge in [0.05, 0.1) is 12.1 Å². The van der Waals surface area contributed by atoms with Crippen molar-refractivity contribution >= 4 is 11.6 Å². The number of aromatic nitrogens is 2. The minimum atomic E-state index is 0.322. The Balaban J connectivity index is 1.59. The van der Waals surface area contributed by atoms with Gasteiger partial charge in [-0.3, -0.25) is 0 Å². The first kappa shape index (κ1) is 12.6. The predicted molar refractivity (Wildman–Crippen MR) is 74.5 cm³/mol. The maximum Gasteiger partial charge on any atom is 0.132 e. The molecule has 1 unspecified atom stereocenters. The molecule has 1 aromatic rings. The molecule has 0 spiro atoms. The Morgan fingerprint density at radius 3 is 2.89 bits per heavy atom. The normalized spacial score (nSPS) is 23.1. The maximum absolute atomic E-state index is 5.60. The van der Waals surface area contributed by atoms with Gasteiger partial charge < -0.3 is 20.7 Å². The van der Waals surface area contributed by atoms with Gasteiger partial charge in [0, 0.05) is 32.3 Å². The summed E-state index contributed by atoms with van der Waals surface area (Å²) in [6.07, 6.45) is 2.62. The number of nitrogens with zero attached hydrogens (tertiary/aromatic N) is 2. The molecule has 0 radical (unpaired) electrons. The van der Waals surface area contributed by atoms with Gasteiger partial charge in [-0.2, -0.15) is 0 Å². The van der Waals surface area contributed by atoms with Gasteiger partial charge in [0.1, 0.15) is 17.5 Å². The summed E-state index contributed by atoms with van der Waals surface area (Å²) in [5, 5.41) is 9.98. The van der Waals surface area contributed by atoms with Crippen LogP contribution in [0.2, 0.25) is 0 Å². The van der Waals surface area contributed by atoms with Crippen LogP contribution >= 0.6 is 0 Å². The molecular weight excluding hydrogens is 242 g/mol. The van der Waals surface area contributed by atoms with Crippen LogP contribution in [0.15, 0.2) is 6.07 Å². The highest BCUT2D eigenvalue weighted by atomic mass is 16.5. The molecule has 1 aromatic heterocycles. The molecule has 3 rings (SSSR count). The van der Waals surface area contributed by atoms with Crippen LogP contribution in [0.3, 0.4) is 0 Å². The fraction of sp³-hybridized carbons (Fsp3) is 0.692. The highest BCUT2D eigenvalue weighted by molar-refractivity contribution is 5.48. The van der Waals surface area contributed by atoms with E-state index in [9.17, 15) is 0 Å². The van der Waals surface area contributed by atoms with E-state index < -0.39 is 0 Å². The van der Waals surface area contributed by atoms with Gasteiger partial charge in [0.2, 0.25) is 0 Å². The van der Waals surface area contributed by atoms with Crippen molar-refractivity contribution in [2.75, 3.05) is 36.9 Å². The Morgan fingerprint density at radius 2 is 2.21 bits per heavy atom. The number of ether oxygens (including phenoxy) is 1. The zero-order valence-electron chi connectivity index (χ0n) is 11.3.